The molecule has 5 heteroatoms. The number of anilines is 1. The molecule has 0 amide bonds. The molecule has 0 aromatic heterocycles. The number of benzene rings is 2. The van der Waals surface area contributed by atoms with Crippen molar-refractivity contribution >= 4 is 34.2 Å². The van der Waals surface area contributed by atoms with E-state index in [4.69, 9.17) is 4.74 Å². The van der Waals surface area contributed by atoms with E-state index < -0.39 is 12.0 Å². The molecule has 0 aliphatic heterocycles. The van der Waals surface area contributed by atoms with E-state index in [1.54, 1.807) is 19.1 Å². The maximum Gasteiger partial charge on any atom is 0.332 e. The van der Waals surface area contributed by atoms with Crippen LogP contribution < -0.4 is 5.32 Å². The number of esters is 1. The smallest absolute Gasteiger partial charge is 0.332 e. The van der Waals surface area contributed by atoms with E-state index in [1.165, 1.54) is 13.2 Å². The summed E-state index contributed by atoms with van der Waals surface area (Å²) in [5, 5.41) is 3.08. The fourth-order valence-corrected chi connectivity index (χ4v) is 2.26. The lowest BCUT2D eigenvalue weighted by Gasteiger charge is -2.18. The van der Waals surface area contributed by atoms with E-state index >= 15 is 0 Å². The monoisotopic (exact) mass is 399 g/mol. The first kappa shape index (κ1) is 15.8. The minimum absolute atomic E-state index is 0.342. The van der Waals surface area contributed by atoms with Crippen molar-refractivity contribution in [1.29, 1.82) is 0 Å². The number of nitrogens with one attached hydrogen (secondary N) is 1. The van der Waals surface area contributed by atoms with E-state index in [9.17, 15) is 9.18 Å². The van der Waals surface area contributed by atoms with Gasteiger partial charge in [0.1, 0.15) is 5.82 Å². The van der Waals surface area contributed by atoms with Crippen molar-refractivity contribution in [3.63, 3.8) is 0 Å². The Morgan fingerprint density at radius 1 is 1.24 bits per heavy atom. The number of ether oxygens (including phenoxy) is 1. The Bertz CT molecular complexity index is 643. The van der Waals surface area contributed by atoms with Crippen molar-refractivity contribution < 1.29 is 13.9 Å². The molecule has 2 aromatic rings. The maximum absolute atomic E-state index is 13.7. The van der Waals surface area contributed by atoms with E-state index in [-0.39, 0.29) is 5.82 Å². The Hall–Kier alpha value is -1.63. The Labute approximate surface area is 136 Å². The highest BCUT2D eigenvalue weighted by molar-refractivity contribution is 14.1. The molecule has 0 radical (unpaired) electrons. The molecule has 0 aliphatic carbocycles. The van der Waals surface area contributed by atoms with Gasteiger partial charge in [-0.15, -0.1) is 0 Å². The van der Waals surface area contributed by atoms with Crippen LogP contribution in [0.25, 0.3) is 0 Å². The lowest BCUT2D eigenvalue weighted by molar-refractivity contribution is -0.141. The molecule has 3 nitrogen and oxygen atoms in total. The quantitative estimate of drug-likeness (QED) is 0.623. The third-order valence-electron chi connectivity index (χ3n) is 3.12. The van der Waals surface area contributed by atoms with Gasteiger partial charge in [0.2, 0.25) is 0 Å². The summed E-state index contributed by atoms with van der Waals surface area (Å²) in [5.74, 6) is -0.803. The molecule has 0 fully saturated rings. The van der Waals surface area contributed by atoms with Crippen molar-refractivity contribution in [2.75, 3.05) is 12.4 Å². The Morgan fingerprint density at radius 3 is 2.48 bits per heavy atom. The number of carbonyl (C=O) groups is 1. The normalized spacial score (nSPS) is 11.8. The molecule has 1 atom stereocenters. The summed E-state index contributed by atoms with van der Waals surface area (Å²) in [4.78, 5) is 12.0. The predicted octanol–water partition coefficient (Wildman–Crippen LogP) is 4.06. The molecule has 0 aliphatic rings. The van der Waals surface area contributed by atoms with Gasteiger partial charge < -0.3 is 10.1 Å². The van der Waals surface area contributed by atoms with Crippen LogP contribution in [0.3, 0.4) is 0 Å². The van der Waals surface area contributed by atoms with Crippen LogP contribution in [-0.4, -0.2) is 13.1 Å². The van der Waals surface area contributed by atoms with E-state index in [1.807, 2.05) is 24.3 Å². The highest BCUT2D eigenvalue weighted by Gasteiger charge is 2.22. The van der Waals surface area contributed by atoms with E-state index in [0.717, 1.165) is 9.26 Å². The zero-order chi connectivity index (χ0) is 15.4. The second-order valence-electron chi connectivity index (χ2n) is 4.62. The number of hydrogen-bond acceptors (Lipinski definition) is 3. The van der Waals surface area contributed by atoms with Crippen LogP contribution >= 0.6 is 22.6 Å². The van der Waals surface area contributed by atoms with Gasteiger partial charge in [-0.05, 0) is 71.0 Å². The summed E-state index contributed by atoms with van der Waals surface area (Å²) in [5.41, 5.74) is 1.84. The fraction of sp³-hybridized carbons (Fsp3) is 0.188. The van der Waals surface area contributed by atoms with Gasteiger partial charge in [0, 0.05) is 9.26 Å². The van der Waals surface area contributed by atoms with Crippen molar-refractivity contribution in [1.82, 2.24) is 0 Å². The molecule has 0 saturated carbocycles. The first-order valence-corrected chi connectivity index (χ1v) is 7.45. The molecule has 21 heavy (non-hydrogen) atoms. The zero-order valence-corrected chi connectivity index (χ0v) is 13.8. The largest absolute Gasteiger partial charge is 0.467 e. The topological polar surface area (TPSA) is 38.3 Å². The second-order valence-corrected chi connectivity index (χ2v) is 5.86. The highest BCUT2D eigenvalue weighted by atomic mass is 127. The molecular formula is C16H15FINO2. The minimum Gasteiger partial charge on any atom is -0.467 e. The molecule has 2 aromatic carbocycles. The van der Waals surface area contributed by atoms with E-state index in [2.05, 4.69) is 27.9 Å². The fourth-order valence-electron chi connectivity index (χ4n) is 1.90. The van der Waals surface area contributed by atoms with Gasteiger partial charge in [0.05, 0.1) is 7.11 Å². The summed E-state index contributed by atoms with van der Waals surface area (Å²) in [6, 6.07) is 11.6. The number of methoxy groups -OCH3 is 1. The molecule has 1 unspecified atom stereocenters. The third kappa shape index (κ3) is 3.93. The summed E-state index contributed by atoms with van der Waals surface area (Å²) in [6.07, 6.45) is 0. The average molecular weight is 399 g/mol. The highest BCUT2D eigenvalue weighted by Crippen LogP contribution is 2.23. The van der Waals surface area contributed by atoms with Crippen molar-refractivity contribution in [3.8, 4) is 0 Å². The Morgan fingerprint density at radius 2 is 1.90 bits per heavy atom. The van der Waals surface area contributed by atoms with Crippen molar-refractivity contribution in [2.45, 2.75) is 13.0 Å². The Kier molecular flexibility index (Phi) is 5.17. The molecule has 0 heterocycles. The van der Waals surface area contributed by atoms with Gasteiger partial charge in [-0.2, -0.15) is 0 Å². The molecule has 0 saturated heterocycles. The standard InChI is InChI=1S/C16H15FINO2/c1-10-3-4-11(9-14(10)17)15(16(20)21-2)19-13-7-5-12(18)6-8-13/h3-9,15,19H,1-2H3. The first-order chi connectivity index (χ1) is 10.0. The second kappa shape index (κ2) is 6.89. The van der Waals surface area contributed by atoms with Crippen LogP contribution in [0.1, 0.15) is 17.2 Å². The molecular weight excluding hydrogens is 384 g/mol. The number of aryl methyl sites for hydroxylation is 1. The maximum atomic E-state index is 13.7. The van der Waals surface area contributed by atoms with Gasteiger partial charge >= 0.3 is 5.97 Å². The number of carbonyl (C=O) groups excluding carboxylic acids is 1. The van der Waals surface area contributed by atoms with Crippen molar-refractivity contribution in [2.24, 2.45) is 0 Å². The molecule has 2 rings (SSSR count). The van der Waals surface area contributed by atoms with Gasteiger partial charge in [-0.3, -0.25) is 0 Å². The SMILES string of the molecule is COC(=O)C(Nc1ccc(I)cc1)c1ccc(C)c(F)c1. The van der Waals surface area contributed by atoms with Crippen LogP contribution in [0, 0.1) is 16.3 Å². The van der Waals surface area contributed by atoms with Gasteiger partial charge in [-0.25, -0.2) is 9.18 Å². The van der Waals surface area contributed by atoms with Crippen LogP contribution in [0.2, 0.25) is 0 Å². The minimum atomic E-state index is -0.745. The van der Waals surface area contributed by atoms with Crippen LogP contribution in [0.15, 0.2) is 42.5 Å². The lowest BCUT2D eigenvalue weighted by atomic mass is 10.0. The Balaban J connectivity index is 2.31. The van der Waals surface area contributed by atoms with Gasteiger partial charge in [0.15, 0.2) is 6.04 Å². The summed E-state index contributed by atoms with van der Waals surface area (Å²) in [6.45, 7) is 1.68. The summed E-state index contributed by atoms with van der Waals surface area (Å²) < 4.78 is 19.6. The predicted molar refractivity (Wildman–Crippen MR) is 88.7 cm³/mol. The van der Waals surface area contributed by atoms with Crippen LogP contribution in [0.5, 0.6) is 0 Å². The van der Waals surface area contributed by atoms with Crippen LogP contribution in [0.4, 0.5) is 10.1 Å². The average Bonchev–Trinajstić information content (AvgIpc) is 2.49. The van der Waals surface area contributed by atoms with Gasteiger partial charge in [-0.1, -0.05) is 12.1 Å². The first-order valence-electron chi connectivity index (χ1n) is 6.37. The number of hydrogen-bond donors (Lipinski definition) is 1. The third-order valence-corrected chi connectivity index (χ3v) is 3.84. The number of rotatable bonds is 4. The van der Waals surface area contributed by atoms with E-state index in [0.29, 0.717) is 11.1 Å². The zero-order valence-electron chi connectivity index (χ0n) is 11.7. The molecule has 0 bridgehead atoms. The molecule has 1 N–H and O–H groups in total. The van der Waals surface area contributed by atoms with Gasteiger partial charge in [0.25, 0.3) is 0 Å². The summed E-state index contributed by atoms with van der Waals surface area (Å²) in [7, 11) is 1.31. The lowest BCUT2D eigenvalue weighted by Crippen LogP contribution is -2.22. The molecule has 110 valence electrons. The number of halogens is 2. The van der Waals surface area contributed by atoms with Crippen LogP contribution in [-0.2, 0) is 9.53 Å². The van der Waals surface area contributed by atoms with Crippen molar-refractivity contribution in [3.05, 3.63) is 63.0 Å². The summed E-state index contributed by atoms with van der Waals surface area (Å²) >= 11 is 2.20. The molecule has 0 spiro atoms.